The Balaban J connectivity index is 1.65. The van der Waals surface area contributed by atoms with Gasteiger partial charge in [-0.15, -0.1) is 11.8 Å². The third-order valence-electron chi connectivity index (χ3n) is 2.80. The van der Waals surface area contributed by atoms with Crippen LogP contribution in [0.1, 0.15) is 5.56 Å². The van der Waals surface area contributed by atoms with E-state index >= 15 is 0 Å². The number of carbonyl (C=O) groups excluding carboxylic acids is 2. The van der Waals surface area contributed by atoms with Gasteiger partial charge in [0, 0.05) is 5.69 Å². The van der Waals surface area contributed by atoms with Crippen LogP contribution in [0.2, 0.25) is 0 Å². The molecule has 0 unspecified atom stereocenters. The maximum Gasteiger partial charge on any atom is 0.250 e. The number of para-hydroxylation sites is 1. The average molecular weight is 343 g/mol. The SMILES string of the molecule is O=C(CSCC(=O)Nc1ccccc1)NN=Cc1cccc(O)c1. The van der Waals surface area contributed by atoms with Gasteiger partial charge in [-0.2, -0.15) is 5.10 Å². The lowest BCUT2D eigenvalue weighted by Gasteiger charge is -2.04. The van der Waals surface area contributed by atoms with Crippen molar-refractivity contribution in [1.82, 2.24) is 5.43 Å². The van der Waals surface area contributed by atoms with Crippen LogP contribution >= 0.6 is 11.8 Å². The number of benzene rings is 2. The third-order valence-corrected chi connectivity index (χ3v) is 3.73. The lowest BCUT2D eigenvalue weighted by atomic mass is 10.2. The zero-order valence-electron chi connectivity index (χ0n) is 12.8. The van der Waals surface area contributed by atoms with Crippen molar-refractivity contribution in [2.45, 2.75) is 0 Å². The summed E-state index contributed by atoms with van der Waals surface area (Å²) in [5, 5.41) is 15.8. The van der Waals surface area contributed by atoms with E-state index in [2.05, 4.69) is 15.8 Å². The van der Waals surface area contributed by atoms with E-state index in [1.807, 2.05) is 18.2 Å². The standard InChI is InChI=1S/C17H17N3O3S/c21-15-8-4-5-13(9-15)10-18-20-17(23)12-24-11-16(22)19-14-6-2-1-3-7-14/h1-10,21H,11-12H2,(H,19,22)(H,20,23). The number of hydrogen-bond acceptors (Lipinski definition) is 5. The van der Waals surface area contributed by atoms with E-state index in [1.54, 1.807) is 30.3 Å². The number of amides is 2. The van der Waals surface area contributed by atoms with Crippen LogP contribution in [-0.4, -0.2) is 34.6 Å². The Hall–Kier alpha value is -2.80. The fourth-order valence-electron chi connectivity index (χ4n) is 1.77. The molecule has 2 aromatic carbocycles. The maximum absolute atomic E-state index is 11.7. The van der Waals surface area contributed by atoms with E-state index < -0.39 is 0 Å². The van der Waals surface area contributed by atoms with Crippen LogP contribution in [0.4, 0.5) is 5.69 Å². The van der Waals surface area contributed by atoms with Gasteiger partial charge in [-0.3, -0.25) is 9.59 Å². The van der Waals surface area contributed by atoms with Crippen molar-refractivity contribution < 1.29 is 14.7 Å². The molecule has 0 aliphatic carbocycles. The highest BCUT2D eigenvalue weighted by Crippen LogP contribution is 2.09. The van der Waals surface area contributed by atoms with E-state index in [4.69, 9.17) is 0 Å². The summed E-state index contributed by atoms with van der Waals surface area (Å²) in [4.78, 5) is 23.3. The number of nitrogens with one attached hydrogen (secondary N) is 2. The number of phenols is 1. The maximum atomic E-state index is 11.7. The van der Waals surface area contributed by atoms with Crippen LogP contribution in [0.25, 0.3) is 0 Å². The number of hydrazone groups is 1. The molecule has 6 nitrogen and oxygen atoms in total. The van der Waals surface area contributed by atoms with Gasteiger partial charge in [0.1, 0.15) is 5.75 Å². The first-order chi connectivity index (χ1) is 11.6. The Kier molecular flexibility index (Phi) is 6.85. The summed E-state index contributed by atoms with van der Waals surface area (Å²) in [6.07, 6.45) is 1.43. The van der Waals surface area contributed by atoms with Crippen LogP contribution < -0.4 is 10.7 Å². The molecule has 0 fully saturated rings. The predicted octanol–water partition coefficient (Wildman–Crippen LogP) is 2.21. The van der Waals surface area contributed by atoms with Crippen molar-refractivity contribution in [2.24, 2.45) is 5.10 Å². The fraction of sp³-hybridized carbons (Fsp3) is 0.118. The van der Waals surface area contributed by atoms with Crippen LogP contribution in [0, 0.1) is 0 Å². The lowest BCUT2D eigenvalue weighted by molar-refractivity contribution is -0.118. The molecule has 0 spiro atoms. The molecule has 2 rings (SSSR count). The quantitative estimate of drug-likeness (QED) is 0.531. The highest BCUT2D eigenvalue weighted by Gasteiger charge is 2.05. The number of thioether (sulfide) groups is 1. The number of anilines is 1. The zero-order valence-corrected chi connectivity index (χ0v) is 13.6. The molecule has 0 aromatic heterocycles. The van der Waals surface area contributed by atoms with Gasteiger partial charge in [-0.05, 0) is 29.8 Å². The van der Waals surface area contributed by atoms with Crippen molar-refractivity contribution in [3.05, 3.63) is 60.2 Å². The van der Waals surface area contributed by atoms with Crippen molar-refractivity contribution in [3.63, 3.8) is 0 Å². The molecule has 7 heteroatoms. The topological polar surface area (TPSA) is 90.8 Å². The second kappa shape index (κ2) is 9.36. The minimum absolute atomic E-state index is 0.125. The Morgan fingerprint density at radius 3 is 2.54 bits per heavy atom. The summed E-state index contributed by atoms with van der Waals surface area (Å²) in [5.41, 5.74) is 3.77. The first-order valence-corrected chi connectivity index (χ1v) is 8.32. The van der Waals surface area contributed by atoms with Gasteiger partial charge in [-0.1, -0.05) is 30.3 Å². The number of nitrogens with zero attached hydrogens (tertiary/aromatic N) is 1. The molecular formula is C17H17N3O3S. The molecule has 124 valence electrons. The average Bonchev–Trinajstić information content (AvgIpc) is 2.56. The van der Waals surface area contributed by atoms with Gasteiger partial charge in [0.15, 0.2) is 0 Å². The molecular weight excluding hydrogens is 326 g/mol. The summed E-state index contributed by atoms with van der Waals surface area (Å²) in [6.45, 7) is 0. The van der Waals surface area contributed by atoms with E-state index in [-0.39, 0.29) is 29.1 Å². The highest BCUT2D eigenvalue weighted by atomic mass is 32.2. The summed E-state index contributed by atoms with van der Waals surface area (Å²) >= 11 is 1.20. The summed E-state index contributed by atoms with van der Waals surface area (Å²) in [6, 6.07) is 15.6. The minimum Gasteiger partial charge on any atom is -0.508 e. The van der Waals surface area contributed by atoms with Gasteiger partial charge in [0.2, 0.25) is 11.8 Å². The molecule has 0 atom stereocenters. The van der Waals surface area contributed by atoms with Gasteiger partial charge in [0.25, 0.3) is 0 Å². The second-order valence-corrected chi connectivity index (χ2v) is 5.78. The van der Waals surface area contributed by atoms with E-state index in [1.165, 1.54) is 24.0 Å². The molecule has 3 N–H and O–H groups in total. The normalized spacial score (nSPS) is 10.5. The molecule has 0 saturated carbocycles. The fourth-order valence-corrected chi connectivity index (χ4v) is 2.38. The Labute approximate surface area is 144 Å². The number of hydrogen-bond donors (Lipinski definition) is 3. The van der Waals surface area contributed by atoms with E-state index in [0.717, 1.165) is 5.69 Å². The number of rotatable bonds is 7. The number of aromatic hydroxyl groups is 1. The highest BCUT2D eigenvalue weighted by molar-refractivity contribution is 8.00. The molecule has 2 aromatic rings. The van der Waals surface area contributed by atoms with Crippen molar-refractivity contribution >= 4 is 35.5 Å². The first kappa shape index (κ1) is 17.6. The van der Waals surface area contributed by atoms with Crippen LogP contribution in [0.5, 0.6) is 5.75 Å². The molecule has 0 aliphatic rings. The Morgan fingerprint density at radius 2 is 1.79 bits per heavy atom. The van der Waals surface area contributed by atoms with Gasteiger partial charge < -0.3 is 10.4 Å². The van der Waals surface area contributed by atoms with Crippen LogP contribution in [0.15, 0.2) is 59.7 Å². The molecule has 0 radical (unpaired) electrons. The lowest BCUT2D eigenvalue weighted by Crippen LogP contribution is -2.21. The summed E-state index contributed by atoms with van der Waals surface area (Å²) in [5.74, 6) is -0.0329. The predicted molar refractivity (Wildman–Crippen MR) is 96.2 cm³/mol. The second-order valence-electron chi connectivity index (χ2n) is 4.80. The van der Waals surface area contributed by atoms with Crippen molar-refractivity contribution in [3.8, 4) is 5.75 Å². The number of carbonyl (C=O) groups is 2. The molecule has 0 saturated heterocycles. The minimum atomic E-state index is -0.302. The summed E-state index contributed by atoms with van der Waals surface area (Å²) in [7, 11) is 0. The van der Waals surface area contributed by atoms with Crippen LogP contribution in [0.3, 0.4) is 0 Å². The van der Waals surface area contributed by atoms with Crippen molar-refractivity contribution in [1.29, 1.82) is 0 Å². The van der Waals surface area contributed by atoms with Gasteiger partial charge in [0.05, 0.1) is 17.7 Å². The van der Waals surface area contributed by atoms with Gasteiger partial charge >= 0.3 is 0 Å². The van der Waals surface area contributed by atoms with Gasteiger partial charge in [-0.25, -0.2) is 5.43 Å². The molecule has 0 aliphatic heterocycles. The Bertz CT molecular complexity index is 720. The molecule has 0 heterocycles. The van der Waals surface area contributed by atoms with Crippen molar-refractivity contribution in [2.75, 3.05) is 16.8 Å². The summed E-state index contributed by atoms with van der Waals surface area (Å²) < 4.78 is 0. The van der Waals surface area contributed by atoms with E-state index in [0.29, 0.717) is 5.56 Å². The largest absolute Gasteiger partial charge is 0.508 e. The zero-order chi connectivity index (χ0) is 17.2. The molecule has 0 bridgehead atoms. The monoisotopic (exact) mass is 343 g/mol. The third kappa shape index (κ3) is 6.53. The Morgan fingerprint density at radius 1 is 1.04 bits per heavy atom. The first-order valence-electron chi connectivity index (χ1n) is 7.17. The molecule has 2 amide bonds. The smallest absolute Gasteiger partial charge is 0.250 e. The number of phenolic OH excluding ortho intramolecular Hbond substituents is 1. The van der Waals surface area contributed by atoms with E-state index in [9.17, 15) is 14.7 Å². The molecule has 24 heavy (non-hydrogen) atoms. The van der Waals surface area contributed by atoms with Crippen LogP contribution in [-0.2, 0) is 9.59 Å².